The Kier molecular flexibility index (Phi) is 5.30. The Morgan fingerprint density at radius 2 is 2.12 bits per heavy atom. The summed E-state index contributed by atoms with van der Waals surface area (Å²) in [7, 11) is 1.59. The molecule has 5 rings (SSSR count). The third kappa shape index (κ3) is 3.82. The van der Waals surface area contributed by atoms with Crippen LogP contribution in [0.3, 0.4) is 0 Å². The largest absolute Gasteiger partial charge is 0.354 e. The van der Waals surface area contributed by atoms with Crippen LogP contribution in [-0.2, 0) is 6.54 Å². The lowest BCUT2D eigenvalue weighted by Crippen LogP contribution is -2.32. The molecule has 1 aromatic carbocycles. The van der Waals surface area contributed by atoms with Gasteiger partial charge in [-0.2, -0.15) is 0 Å². The van der Waals surface area contributed by atoms with Crippen LogP contribution in [0.25, 0.3) is 22.1 Å². The van der Waals surface area contributed by atoms with E-state index in [1.165, 1.54) is 11.6 Å². The van der Waals surface area contributed by atoms with Gasteiger partial charge in [-0.3, -0.25) is 19.5 Å². The zero-order valence-corrected chi connectivity index (χ0v) is 18.4. The third-order valence-corrected chi connectivity index (χ3v) is 6.22. The lowest BCUT2D eigenvalue weighted by atomic mass is 9.91. The highest BCUT2D eigenvalue weighted by molar-refractivity contribution is 5.92. The molecule has 1 atom stereocenters. The molecule has 7 nitrogen and oxygen atoms in total. The number of amides is 1. The number of aromatic nitrogens is 3. The fourth-order valence-electron chi connectivity index (χ4n) is 4.61. The third-order valence-electron chi connectivity index (χ3n) is 6.22. The Hall–Kier alpha value is -3.78. The molecule has 168 valence electrons. The number of benzene rings is 1. The van der Waals surface area contributed by atoms with Gasteiger partial charge in [0.2, 0.25) is 0 Å². The molecule has 0 saturated carbocycles. The molecule has 0 bridgehead atoms. The van der Waals surface area contributed by atoms with Gasteiger partial charge in [0.25, 0.3) is 11.5 Å². The highest BCUT2D eigenvalue weighted by atomic mass is 19.1. The van der Waals surface area contributed by atoms with Crippen molar-refractivity contribution in [3.8, 4) is 0 Å². The number of halogens is 1. The van der Waals surface area contributed by atoms with Crippen LogP contribution >= 0.6 is 0 Å². The van der Waals surface area contributed by atoms with Crippen LogP contribution in [0.4, 0.5) is 4.39 Å². The van der Waals surface area contributed by atoms with Crippen molar-refractivity contribution in [1.82, 2.24) is 24.6 Å². The van der Waals surface area contributed by atoms with Gasteiger partial charge in [0.1, 0.15) is 11.2 Å². The lowest BCUT2D eigenvalue weighted by Gasteiger charge is -2.31. The van der Waals surface area contributed by atoms with Crippen molar-refractivity contribution in [3.63, 3.8) is 0 Å². The number of hydrogen-bond acceptors (Lipinski definition) is 4. The zero-order chi connectivity index (χ0) is 23.1. The molecule has 1 aliphatic heterocycles. The van der Waals surface area contributed by atoms with Crippen molar-refractivity contribution in [2.45, 2.75) is 13.5 Å². The summed E-state index contributed by atoms with van der Waals surface area (Å²) in [4.78, 5) is 33.5. The minimum Gasteiger partial charge on any atom is -0.354 e. The molecular formula is C25H24FN5O2. The Balaban J connectivity index is 1.35. The average molecular weight is 445 g/mol. The Morgan fingerprint density at radius 1 is 1.27 bits per heavy atom. The molecule has 0 fully saturated rings. The predicted molar refractivity (Wildman–Crippen MR) is 126 cm³/mol. The minimum absolute atomic E-state index is 0.0376. The maximum absolute atomic E-state index is 13.9. The topological polar surface area (TPSA) is 82.5 Å². The smallest absolute Gasteiger partial charge is 0.275 e. The van der Waals surface area contributed by atoms with Gasteiger partial charge in [-0.25, -0.2) is 4.39 Å². The number of carbonyl (C=O) groups is 1. The quantitative estimate of drug-likeness (QED) is 0.505. The van der Waals surface area contributed by atoms with E-state index in [1.807, 2.05) is 24.3 Å². The number of nitrogens with one attached hydrogen (secondary N) is 2. The molecule has 3 aromatic heterocycles. The monoisotopic (exact) mass is 445 g/mol. The Labute approximate surface area is 189 Å². The summed E-state index contributed by atoms with van der Waals surface area (Å²) in [5, 5.41) is 2.58. The van der Waals surface area contributed by atoms with E-state index in [-0.39, 0.29) is 11.4 Å². The molecule has 1 amide bonds. The highest BCUT2D eigenvalue weighted by Gasteiger charge is 2.21. The highest BCUT2D eigenvalue weighted by Crippen LogP contribution is 2.28. The second-order valence-corrected chi connectivity index (χ2v) is 8.45. The SMILES string of the molecule is CNC(=O)c1ccc(C2=CCN(Cc3ccc4c(c3)[nH]c(=O)c3c(F)ccn34)C[C@H]2C)cn1. The average Bonchev–Trinajstić information content (AvgIpc) is 3.21. The van der Waals surface area contributed by atoms with Gasteiger partial charge in [-0.15, -0.1) is 0 Å². The van der Waals surface area contributed by atoms with Gasteiger partial charge in [0.15, 0.2) is 5.82 Å². The van der Waals surface area contributed by atoms with Crippen molar-refractivity contribution in [1.29, 1.82) is 0 Å². The molecule has 2 N–H and O–H groups in total. The number of hydrogen-bond donors (Lipinski definition) is 2. The van der Waals surface area contributed by atoms with Crippen molar-refractivity contribution >= 4 is 28.0 Å². The molecule has 33 heavy (non-hydrogen) atoms. The fourth-order valence-corrected chi connectivity index (χ4v) is 4.61. The number of carbonyl (C=O) groups excluding carboxylic acids is 1. The second kappa shape index (κ2) is 8.29. The summed E-state index contributed by atoms with van der Waals surface area (Å²) in [6.45, 7) is 4.57. The molecule has 0 unspecified atom stereocenters. The molecular weight excluding hydrogens is 421 g/mol. The number of H-pyrrole nitrogens is 1. The van der Waals surface area contributed by atoms with E-state index in [9.17, 15) is 14.0 Å². The minimum atomic E-state index is -0.523. The number of nitrogens with zero attached hydrogens (tertiary/aromatic N) is 3. The van der Waals surface area contributed by atoms with Gasteiger partial charge in [0, 0.05) is 39.1 Å². The summed E-state index contributed by atoms with van der Waals surface area (Å²) < 4.78 is 15.5. The fraction of sp³-hybridized carbons (Fsp3) is 0.240. The first kappa shape index (κ1) is 21.1. The van der Waals surface area contributed by atoms with Gasteiger partial charge in [-0.1, -0.05) is 25.1 Å². The van der Waals surface area contributed by atoms with Crippen LogP contribution < -0.4 is 10.9 Å². The lowest BCUT2D eigenvalue weighted by molar-refractivity contribution is 0.0958. The molecule has 0 aliphatic carbocycles. The Bertz CT molecular complexity index is 1450. The number of fused-ring (bicyclic) bond motifs is 3. The van der Waals surface area contributed by atoms with Crippen LogP contribution in [-0.4, -0.2) is 45.3 Å². The molecule has 0 radical (unpaired) electrons. The van der Waals surface area contributed by atoms with E-state index in [4.69, 9.17) is 0 Å². The number of pyridine rings is 1. The Morgan fingerprint density at radius 3 is 2.85 bits per heavy atom. The van der Waals surface area contributed by atoms with Crippen LogP contribution in [0.2, 0.25) is 0 Å². The van der Waals surface area contributed by atoms with E-state index < -0.39 is 11.4 Å². The molecule has 0 saturated heterocycles. The second-order valence-electron chi connectivity index (χ2n) is 8.45. The predicted octanol–water partition coefficient (Wildman–Crippen LogP) is 3.21. The summed E-state index contributed by atoms with van der Waals surface area (Å²) in [6, 6.07) is 10.9. The number of aromatic amines is 1. The molecule has 1 aliphatic rings. The van der Waals surface area contributed by atoms with Crippen molar-refractivity contribution in [3.05, 3.63) is 87.9 Å². The van der Waals surface area contributed by atoms with Crippen molar-refractivity contribution < 1.29 is 9.18 Å². The maximum atomic E-state index is 13.9. The van der Waals surface area contributed by atoms with Gasteiger partial charge >= 0.3 is 0 Å². The molecule has 0 spiro atoms. The summed E-state index contributed by atoms with van der Waals surface area (Å²) in [6.07, 6.45) is 5.55. The van der Waals surface area contributed by atoms with Crippen molar-refractivity contribution in [2.24, 2.45) is 5.92 Å². The van der Waals surface area contributed by atoms with E-state index >= 15 is 0 Å². The van der Waals surface area contributed by atoms with E-state index in [2.05, 4.69) is 33.2 Å². The molecule has 8 heteroatoms. The number of rotatable bonds is 4. The van der Waals surface area contributed by atoms with Gasteiger partial charge < -0.3 is 14.7 Å². The summed E-state index contributed by atoms with van der Waals surface area (Å²) in [5.74, 6) is -0.419. The molecule has 4 heterocycles. The standard InChI is InChI=1S/C25H24FN5O2/c1-15-13-30(9-7-18(15)17-4-5-20(28-12-17)24(32)27-2)14-16-3-6-22-21(11-16)29-25(33)23-19(26)8-10-31(22)23/h3-8,10-12,15H,9,13-14H2,1-2H3,(H,27,32)(H,29,33)/t15-/m1/s1. The van der Waals surface area contributed by atoms with Gasteiger partial charge in [0.05, 0.1) is 11.0 Å². The van der Waals surface area contributed by atoms with E-state index in [1.54, 1.807) is 29.9 Å². The van der Waals surface area contributed by atoms with Crippen LogP contribution in [0.15, 0.2) is 59.7 Å². The normalized spacial score (nSPS) is 16.8. The first-order chi connectivity index (χ1) is 15.9. The molecule has 4 aromatic rings. The van der Waals surface area contributed by atoms with Gasteiger partial charge in [-0.05, 0) is 46.9 Å². The first-order valence-corrected chi connectivity index (χ1v) is 10.9. The van der Waals surface area contributed by atoms with Crippen molar-refractivity contribution in [2.75, 3.05) is 20.1 Å². The maximum Gasteiger partial charge on any atom is 0.275 e. The van der Waals surface area contributed by atoms with Crippen LogP contribution in [0, 0.1) is 11.7 Å². The van der Waals surface area contributed by atoms with Crippen LogP contribution in [0.5, 0.6) is 0 Å². The zero-order valence-electron chi connectivity index (χ0n) is 18.4. The van der Waals surface area contributed by atoms with E-state index in [0.29, 0.717) is 17.1 Å². The summed E-state index contributed by atoms with van der Waals surface area (Å²) >= 11 is 0. The van der Waals surface area contributed by atoms with E-state index in [0.717, 1.165) is 36.3 Å². The summed E-state index contributed by atoms with van der Waals surface area (Å²) in [5.41, 5.74) is 4.78. The van der Waals surface area contributed by atoms with Crippen LogP contribution in [0.1, 0.15) is 28.5 Å². The first-order valence-electron chi connectivity index (χ1n) is 10.9.